The van der Waals surface area contributed by atoms with E-state index in [1.807, 2.05) is 48.7 Å². The first-order valence-corrected chi connectivity index (χ1v) is 9.69. The number of aromatic nitrogens is 1. The second-order valence-electron chi connectivity index (χ2n) is 7.26. The highest BCUT2D eigenvalue weighted by Gasteiger charge is 2.33. The Labute approximate surface area is 174 Å². The molecule has 0 aliphatic carbocycles. The van der Waals surface area contributed by atoms with Gasteiger partial charge in [0, 0.05) is 25.5 Å². The summed E-state index contributed by atoms with van der Waals surface area (Å²) in [6.07, 6.45) is 5.35. The van der Waals surface area contributed by atoms with Crippen LogP contribution in [0.5, 0.6) is 17.2 Å². The van der Waals surface area contributed by atoms with Gasteiger partial charge in [0.2, 0.25) is 5.78 Å². The van der Waals surface area contributed by atoms with Gasteiger partial charge < -0.3 is 14.2 Å². The number of ketones is 1. The maximum absolute atomic E-state index is 12.9. The Morgan fingerprint density at radius 3 is 2.97 bits per heavy atom. The van der Waals surface area contributed by atoms with Gasteiger partial charge in [-0.25, -0.2) is 0 Å². The third-order valence-electron chi connectivity index (χ3n) is 5.20. The molecule has 0 bridgehead atoms. The van der Waals surface area contributed by atoms with E-state index in [1.165, 1.54) is 0 Å². The molecule has 0 radical (unpaired) electrons. The number of hydrogen-bond acceptors (Lipinski definition) is 6. The smallest absolute Gasteiger partial charge is 0.231 e. The fourth-order valence-electron chi connectivity index (χ4n) is 3.74. The lowest BCUT2D eigenvalue weighted by Gasteiger charge is -2.29. The number of ether oxygens (including phenoxy) is 3. The minimum Gasteiger partial charge on any atom is -0.497 e. The Morgan fingerprint density at radius 1 is 1.20 bits per heavy atom. The highest BCUT2D eigenvalue weighted by atomic mass is 16.5. The molecule has 3 heterocycles. The molecule has 0 fully saturated rings. The monoisotopic (exact) mass is 400 g/mol. The van der Waals surface area contributed by atoms with Crippen LogP contribution in [0.3, 0.4) is 0 Å². The summed E-state index contributed by atoms with van der Waals surface area (Å²) >= 11 is 0. The molecule has 0 spiro atoms. The average molecular weight is 400 g/mol. The third-order valence-corrected chi connectivity index (χ3v) is 5.20. The maximum atomic E-state index is 12.9. The second-order valence-corrected chi connectivity index (χ2v) is 7.26. The zero-order chi connectivity index (χ0) is 20.5. The summed E-state index contributed by atoms with van der Waals surface area (Å²) in [6.45, 7) is 1.81. The number of rotatable bonds is 4. The summed E-state index contributed by atoms with van der Waals surface area (Å²) in [5.74, 6) is 2.24. The van der Waals surface area contributed by atoms with Crippen LogP contribution in [0.25, 0.3) is 6.08 Å². The molecule has 2 aliphatic heterocycles. The van der Waals surface area contributed by atoms with Gasteiger partial charge in [0.1, 0.15) is 24.0 Å². The van der Waals surface area contributed by atoms with Gasteiger partial charge in [-0.05, 0) is 47.5 Å². The molecule has 0 amide bonds. The number of hydrogen-bond donors (Lipinski definition) is 0. The molecule has 0 saturated heterocycles. The van der Waals surface area contributed by atoms with Gasteiger partial charge in [-0.1, -0.05) is 18.2 Å². The van der Waals surface area contributed by atoms with Crippen molar-refractivity contribution >= 4 is 11.9 Å². The SMILES string of the molecule is COc1cccc(C=C2Oc3c(ccc4c3CN(Cc3cccnc3)CO4)C2=O)c1. The molecule has 1 aromatic heterocycles. The Bertz CT molecular complexity index is 1140. The van der Waals surface area contributed by atoms with Crippen LogP contribution >= 0.6 is 0 Å². The summed E-state index contributed by atoms with van der Waals surface area (Å²) in [7, 11) is 1.61. The normalized spacial score (nSPS) is 16.6. The molecule has 5 rings (SSSR count). The zero-order valence-corrected chi connectivity index (χ0v) is 16.5. The molecule has 6 heteroatoms. The number of pyridine rings is 1. The summed E-state index contributed by atoms with van der Waals surface area (Å²) < 4.78 is 17.2. The Hall–Kier alpha value is -3.64. The molecule has 30 heavy (non-hydrogen) atoms. The number of carbonyl (C=O) groups is 1. The summed E-state index contributed by atoms with van der Waals surface area (Å²) in [5, 5.41) is 0. The van der Waals surface area contributed by atoms with E-state index >= 15 is 0 Å². The van der Waals surface area contributed by atoms with Gasteiger partial charge in [0.15, 0.2) is 5.76 Å². The summed E-state index contributed by atoms with van der Waals surface area (Å²) in [5.41, 5.74) is 3.40. The van der Waals surface area contributed by atoms with Crippen molar-refractivity contribution in [1.82, 2.24) is 9.88 Å². The molecule has 0 unspecified atom stereocenters. The van der Waals surface area contributed by atoms with Gasteiger partial charge >= 0.3 is 0 Å². The van der Waals surface area contributed by atoms with Crippen LogP contribution in [-0.4, -0.2) is 29.5 Å². The van der Waals surface area contributed by atoms with Crippen LogP contribution < -0.4 is 14.2 Å². The quantitative estimate of drug-likeness (QED) is 0.616. The van der Waals surface area contributed by atoms with Gasteiger partial charge in [-0.15, -0.1) is 0 Å². The van der Waals surface area contributed by atoms with Crippen LogP contribution in [0.1, 0.15) is 27.0 Å². The lowest BCUT2D eigenvalue weighted by atomic mass is 10.0. The lowest BCUT2D eigenvalue weighted by molar-refractivity contribution is 0.0872. The molecular formula is C24H20N2O4. The zero-order valence-electron chi connectivity index (χ0n) is 16.5. The largest absolute Gasteiger partial charge is 0.497 e. The van der Waals surface area contributed by atoms with Crippen molar-refractivity contribution in [1.29, 1.82) is 0 Å². The molecule has 2 aliphatic rings. The summed E-state index contributed by atoms with van der Waals surface area (Å²) in [4.78, 5) is 19.2. The van der Waals surface area contributed by atoms with Crippen LogP contribution in [-0.2, 0) is 13.1 Å². The predicted molar refractivity (Wildman–Crippen MR) is 111 cm³/mol. The average Bonchev–Trinajstić information content (AvgIpc) is 3.10. The number of carbonyl (C=O) groups excluding carboxylic acids is 1. The predicted octanol–water partition coefficient (Wildman–Crippen LogP) is 4.06. The van der Waals surface area contributed by atoms with Crippen molar-refractivity contribution in [2.45, 2.75) is 13.1 Å². The number of methoxy groups -OCH3 is 1. The fraction of sp³-hybridized carbons (Fsp3) is 0.167. The molecule has 0 saturated carbocycles. The lowest BCUT2D eigenvalue weighted by Crippen LogP contribution is -2.31. The Morgan fingerprint density at radius 2 is 2.13 bits per heavy atom. The number of benzene rings is 2. The fourth-order valence-corrected chi connectivity index (χ4v) is 3.74. The van der Waals surface area contributed by atoms with Gasteiger partial charge in [-0.2, -0.15) is 0 Å². The van der Waals surface area contributed by atoms with Crippen molar-refractivity contribution < 1.29 is 19.0 Å². The van der Waals surface area contributed by atoms with E-state index < -0.39 is 0 Å². The van der Waals surface area contributed by atoms with Crippen molar-refractivity contribution in [3.05, 3.63) is 88.9 Å². The van der Waals surface area contributed by atoms with Crippen LogP contribution in [0.15, 0.2) is 66.7 Å². The molecule has 3 aromatic rings. The molecule has 0 N–H and O–H groups in total. The van der Waals surface area contributed by atoms with Gasteiger partial charge in [0.25, 0.3) is 0 Å². The third kappa shape index (κ3) is 3.42. The van der Waals surface area contributed by atoms with E-state index in [0.717, 1.165) is 28.2 Å². The molecule has 2 aromatic carbocycles. The summed E-state index contributed by atoms with van der Waals surface area (Å²) in [6, 6.07) is 15.1. The number of allylic oxidation sites excluding steroid dienone is 1. The highest BCUT2D eigenvalue weighted by Crippen LogP contribution is 2.42. The van der Waals surface area contributed by atoms with Crippen LogP contribution in [0.4, 0.5) is 0 Å². The van der Waals surface area contributed by atoms with Gasteiger partial charge in [-0.3, -0.25) is 14.7 Å². The number of fused-ring (bicyclic) bond motifs is 3. The molecule has 150 valence electrons. The van der Waals surface area contributed by atoms with Crippen molar-refractivity contribution in [3.63, 3.8) is 0 Å². The van der Waals surface area contributed by atoms with E-state index in [1.54, 1.807) is 25.4 Å². The van der Waals surface area contributed by atoms with Crippen molar-refractivity contribution in [3.8, 4) is 17.2 Å². The first kappa shape index (κ1) is 18.4. The van der Waals surface area contributed by atoms with Crippen LogP contribution in [0, 0.1) is 0 Å². The number of Topliss-reactive ketones (excluding diaryl/α,β-unsaturated/α-hetero) is 1. The first-order chi connectivity index (χ1) is 14.7. The second kappa shape index (κ2) is 7.65. The molecule has 6 nitrogen and oxygen atoms in total. The highest BCUT2D eigenvalue weighted by molar-refractivity contribution is 6.15. The van der Waals surface area contributed by atoms with Crippen molar-refractivity contribution in [2.24, 2.45) is 0 Å². The van der Waals surface area contributed by atoms with E-state index in [4.69, 9.17) is 14.2 Å². The Kier molecular flexibility index (Phi) is 4.69. The molecular weight excluding hydrogens is 380 g/mol. The standard InChI is InChI=1S/C24H20N2O4/c1-28-18-6-2-4-16(10-18)11-22-23(27)19-7-8-21-20(24(19)30-22)14-26(15-29-21)13-17-5-3-9-25-12-17/h2-12H,13-15H2,1H3. The van der Waals surface area contributed by atoms with E-state index in [2.05, 4.69) is 9.88 Å². The Balaban J connectivity index is 1.43. The van der Waals surface area contributed by atoms with Gasteiger partial charge in [0.05, 0.1) is 18.2 Å². The van der Waals surface area contributed by atoms with Crippen molar-refractivity contribution in [2.75, 3.05) is 13.8 Å². The maximum Gasteiger partial charge on any atom is 0.231 e. The van der Waals surface area contributed by atoms with E-state index in [-0.39, 0.29) is 5.78 Å². The first-order valence-electron chi connectivity index (χ1n) is 9.69. The van der Waals surface area contributed by atoms with E-state index in [9.17, 15) is 4.79 Å². The minimum absolute atomic E-state index is 0.125. The molecule has 0 atom stereocenters. The topological polar surface area (TPSA) is 60.9 Å². The number of nitrogens with zero attached hydrogens (tertiary/aromatic N) is 2. The minimum atomic E-state index is -0.125. The van der Waals surface area contributed by atoms with E-state index in [0.29, 0.717) is 36.9 Å². The van der Waals surface area contributed by atoms with Crippen LogP contribution in [0.2, 0.25) is 0 Å².